The number of thiazole rings is 1. The van der Waals surface area contributed by atoms with Crippen LogP contribution in [0, 0.1) is 0 Å². The quantitative estimate of drug-likeness (QED) is 0.608. The second-order valence-electron chi connectivity index (χ2n) is 2.47. The van der Waals surface area contributed by atoms with Crippen molar-refractivity contribution in [3.8, 4) is 0 Å². The molecule has 76 valence electrons. The smallest absolute Gasteiger partial charge is 0.357 e. The number of carbonyl (C=O) groups excluding carboxylic acids is 1. The van der Waals surface area contributed by atoms with Gasteiger partial charge in [0.25, 0.3) is 0 Å². The number of nitrogens with zero attached hydrogens (tertiary/aromatic N) is 1. The van der Waals surface area contributed by atoms with Gasteiger partial charge in [-0.25, -0.2) is 9.78 Å². The number of rotatable bonds is 4. The maximum absolute atomic E-state index is 11.2. The summed E-state index contributed by atoms with van der Waals surface area (Å²) in [6.45, 7) is 5.47. The highest BCUT2D eigenvalue weighted by Crippen LogP contribution is 2.19. The van der Waals surface area contributed by atoms with Gasteiger partial charge in [-0.15, -0.1) is 17.9 Å². The molecule has 0 fully saturated rings. The summed E-state index contributed by atoms with van der Waals surface area (Å²) in [6, 6.07) is 0. The van der Waals surface area contributed by atoms with Crippen molar-refractivity contribution >= 4 is 17.3 Å². The lowest BCUT2D eigenvalue weighted by molar-refractivity contribution is 0.0520. The summed E-state index contributed by atoms with van der Waals surface area (Å²) in [6.07, 6.45) is 0.538. The lowest BCUT2D eigenvalue weighted by Gasteiger charge is -1.98. The zero-order valence-corrected chi connectivity index (χ0v) is 8.58. The van der Waals surface area contributed by atoms with Crippen molar-refractivity contribution in [1.82, 2.24) is 4.98 Å². The van der Waals surface area contributed by atoms with E-state index in [-0.39, 0.29) is 5.69 Å². The number of aliphatic hydroxyl groups is 1. The van der Waals surface area contributed by atoms with Crippen molar-refractivity contribution in [2.24, 2.45) is 0 Å². The minimum Gasteiger partial charge on any atom is -0.461 e. The van der Waals surface area contributed by atoms with E-state index < -0.39 is 12.1 Å². The van der Waals surface area contributed by atoms with Crippen LogP contribution in [0.15, 0.2) is 18.0 Å². The Labute approximate surface area is 85.9 Å². The Bertz CT molecular complexity index is 335. The minimum atomic E-state index is -0.817. The van der Waals surface area contributed by atoms with Gasteiger partial charge in [0.15, 0.2) is 5.69 Å². The van der Waals surface area contributed by atoms with Crippen LogP contribution in [0.4, 0.5) is 0 Å². The molecule has 1 rings (SSSR count). The number of hydrogen-bond acceptors (Lipinski definition) is 5. The van der Waals surface area contributed by atoms with E-state index in [2.05, 4.69) is 11.6 Å². The number of aromatic nitrogens is 1. The van der Waals surface area contributed by atoms with Crippen LogP contribution in [0.3, 0.4) is 0 Å². The number of ether oxygens (including phenoxy) is 1. The van der Waals surface area contributed by atoms with E-state index in [0.29, 0.717) is 11.6 Å². The first-order chi connectivity index (χ1) is 6.69. The van der Waals surface area contributed by atoms with Crippen LogP contribution in [0.1, 0.15) is 28.5 Å². The largest absolute Gasteiger partial charge is 0.461 e. The molecule has 0 saturated heterocycles. The summed E-state index contributed by atoms with van der Waals surface area (Å²) in [4.78, 5) is 15.1. The molecule has 1 aromatic rings. The van der Waals surface area contributed by atoms with Gasteiger partial charge in [-0.2, -0.15) is 0 Å². The van der Waals surface area contributed by atoms with Gasteiger partial charge in [0, 0.05) is 5.38 Å². The molecule has 0 aliphatic rings. The molecule has 0 amide bonds. The Morgan fingerprint density at radius 3 is 3.21 bits per heavy atom. The summed E-state index contributed by atoms with van der Waals surface area (Å²) < 4.78 is 4.75. The third kappa shape index (κ3) is 2.40. The van der Waals surface area contributed by atoms with Crippen molar-refractivity contribution in [1.29, 1.82) is 0 Å². The normalized spacial score (nSPS) is 12.1. The molecule has 1 heterocycles. The first-order valence-corrected chi connectivity index (χ1v) is 5.00. The fraction of sp³-hybridized carbons (Fsp3) is 0.333. The molecule has 1 N–H and O–H groups in total. The van der Waals surface area contributed by atoms with Gasteiger partial charge < -0.3 is 9.84 Å². The van der Waals surface area contributed by atoms with E-state index in [1.165, 1.54) is 17.4 Å². The van der Waals surface area contributed by atoms with E-state index in [1.807, 2.05) is 0 Å². The molecule has 0 aromatic carbocycles. The monoisotopic (exact) mass is 213 g/mol. The molecule has 0 aliphatic carbocycles. The van der Waals surface area contributed by atoms with Crippen LogP contribution in [-0.2, 0) is 4.74 Å². The van der Waals surface area contributed by atoms with Gasteiger partial charge in [0.2, 0.25) is 0 Å². The maximum Gasteiger partial charge on any atom is 0.357 e. The fourth-order valence-corrected chi connectivity index (χ4v) is 1.59. The van der Waals surface area contributed by atoms with E-state index in [0.717, 1.165) is 0 Å². The van der Waals surface area contributed by atoms with Gasteiger partial charge >= 0.3 is 5.97 Å². The van der Waals surface area contributed by atoms with Crippen LogP contribution < -0.4 is 0 Å². The second kappa shape index (κ2) is 4.88. The summed E-state index contributed by atoms with van der Waals surface area (Å²) in [5.74, 6) is -0.466. The Morgan fingerprint density at radius 2 is 2.64 bits per heavy atom. The zero-order valence-electron chi connectivity index (χ0n) is 7.77. The van der Waals surface area contributed by atoms with Gasteiger partial charge in [-0.3, -0.25) is 0 Å². The molecular weight excluding hydrogens is 202 g/mol. The predicted octanol–water partition coefficient (Wildman–Crippen LogP) is 1.54. The lowest BCUT2D eigenvalue weighted by atomic mass is 10.4. The Morgan fingerprint density at radius 1 is 1.93 bits per heavy atom. The first-order valence-electron chi connectivity index (χ1n) is 4.12. The van der Waals surface area contributed by atoms with E-state index >= 15 is 0 Å². The number of esters is 1. The highest BCUT2D eigenvalue weighted by molar-refractivity contribution is 7.09. The first kappa shape index (κ1) is 10.9. The van der Waals surface area contributed by atoms with E-state index in [9.17, 15) is 9.90 Å². The number of aliphatic hydroxyl groups excluding tert-OH is 1. The summed E-state index contributed by atoms with van der Waals surface area (Å²) in [7, 11) is 0. The number of carbonyl (C=O) groups is 1. The second-order valence-corrected chi connectivity index (χ2v) is 3.36. The highest BCUT2D eigenvalue weighted by atomic mass is 32.1. The Balaban J connectivity index is 2.77. The summed E-state index contributed by atoms with van der Waals surface area (Å²) in [5.41, 5.74) is 0.229. The molecule has 0 spiro atoms. The summed E-state index contributed by atoms with van der Waals surface area (Å²) in [5, 5.41) is 11.3. The molecule has 1 unspecified atom stereocenters. The minimum absolute atomic E-state index is 0.229. The maximum atomic E-state index is 11.2. The van der Waals surface area contributed by atoms with Gasteiger partial charge in [0.05, 0.1) is 6.61 Å². The van der Waals surface area contributed by atoms with Crippen LogP contribution >= 0.6 is 11.3 Å². The van der Waals surface area contributed by atoms with Crippen molar-refractivity contribution < 1.29 is 14.6 Å². The molecule has 14 heavy (non-hydrogen) atoms. The molecule has 0 aliphatic heterocycles. The van der Waals surface area contributed by atoms with Gasteiger partial charge in [0.1, 0.15) is 11.1 Å². The van der Waals surface area contributed by atoms with Gasteiger partial charge in [-0.1, -0.05) is 6.08 Å². The molecule has 0 bridgehead atoms. The van der Waals surface area contributed by atoms with Crippen molar-refractivity contribution in [3.05, 3.63) is 28.7 Å². The topological polar surface area (TPSA) is 59.4 Å². The van der Waals surface area contributed by atoms with E-state index in [1.54, 1.807) is 12.3 Å². The average molecular weight is 213 g/mol. The van der Waals surface area contributed by atoms with Crippen molar-refractivity contribution in [3.63, 3.8) is 0 Å². The fourth-order valence-electron chi connectivity index (χ4n) is 0.823. The van der Waals surface area contributed by atoms with Crippen molar-refractivity contribution in [2.75, 3.05) is 6.61 Å². The third-order valence-electron chi connectivity index (χ3n) is 1.48. The molecule has 5 heteroatoms. The van der Waals surface area contributed by atoms with Crippen LogP contribution in [0.2, 0.25) is 0 Å². The molecular formula is C9H11NO3S. The Hall–Kier alpha value is -1.20. The molecule has 1 aromatic heterocycles. The van der Waals surface area contributed by atoms with E-state index in [4.69, 9.17) is 4.74 Å². The average Bonchev–Trinajstić information content (AvgIpc) is 2.66. The highest BCUT2D eigenvalue weighted by Gasteiger charge is 2.14. The molecule has 1 atom stereocenters. The Kier molecular flexibility index (Phi) is 3.79. The van der Waals surface area contributed by atoms with Crippen LogP contribution in [-0.4, -0.2) is 22.7 Å². The van der Waals surface area contributed by atoms with Crippen LogP contribution in [0.25, 0.3) is 0 Å². The summed E-state index contributed by atoms with van der Waals surface area (Å²) >= 11 is 1.20. The molecule has 0 saturated carbocycles. The van der Waals surface area contributed by atoms with Crippen molar-refractivity contribution in [2.45, 2.75) is 13.0 Å². The third-order valence-corrected chi connectivity index (χ3v) is 2.40. The lowest BCUT2D eigenvalue weighted by Crippen LogP contribution is -2.05. The van der Waals surface area contributed by atoms with Crippen LogP contribution in [0.5, 0.6) is 0 Å². The molecule has 0 radical (unpaired) electrons. The number of hydrogen-bond donors (Lipinski definition) is 1. The SMILES string of the molecule is C=CC(O)c1nc(C(=O)OCC)cs1. The standard InChI is InChI=1S/C9H11NO3S/c1-3-7(11)8-10-6(5-14-8)9(12)13-4-2/h3,5,7,11H,1,4H2,2H3. The molecule has 4 nitrogen and oxygen atoms in total. The van der Waals surface area contributed by atoms with Gasteiger partial charge in [-0.05, 0) is 6.92 Å². The zero-order chi connectivity index (χ0) is 10.6. The predicted molar refractivity (Wildman–Crippen MR) is 53.2 cm³/mol.